The van der Waals surface area contributed by atoms with E-state index in [2.05, 4.69) is 16.5 Å². The van der Waals surface area contributed by atoms with Gasteiger partial charge in [0.15, 0.2) is 0 Å². The number of ether oxygens (including phenoxy) is 3. The topological polar surface area (TPSA) is 89.5 Å². The maximum Gasteiger partial charge on any atom is 0.544 e. The van der Waals surface area contributed by atoms with Crippen LogP contribution in [0.15, 0.2) is 12.7 Å². The minimum absolute atomic E-state index is 0.134. The molecule has 0 aromatic carbocycles. The van der Waals surface area contributed by atoms with Gasteiger partial charge in [-0.3, -0.25) is 0 Å². The zero-order valence-corrected chi connectivity index (χ0v) is 13.8. The van der Waals surface area contributed by atoms with Crippen LogP contribution >= 0.6 is 0 Å². The Morgan fingerprint density at radius 3 is 2.09 bits per heavy atom. The van der Waals surface area contributed by atoms with Crippen molar-refractivity contribution in [3.8, 4) is 0 Å². The molecule has 0 aromatic rings. The second-order valence-corrected chi connectivity index (χ2v) is 5.27. The van der Waals surface area contributed by atoms with Gasteiger partial charge in [-0.25, -0.2) is 14.5 Å². The van der Waals surface area contributed by atoms with Crippen LogP contribution in [0.1, 0.15) is 41.5 Å². The molecule has 22 heavy (non-hydrogen) atoms. The van der Waals surface area contributed by atoms with Gasteiger partial charge in [0.25, 0.3) is 0 Å². The fourth-order valence-electron chi connectivity index (χ4n) is 0.921. The average molecular weight is 320 g/mol. The van der Waals surface area contributed by atoms with Crippen molar-refractivity contribution < 1.29 is 38.6 Å². The fraction of sp³-hybridized carbons (Fsp3) is 0.714. The molecule has 0 rings (SSSR count). The minimum Gasteiger partial charge on any atom is -0.433 e. The molecule has 2 atom stereocenters. The highest BCUT2D eigenvalue weighted by molar-refractivity contribution is 5.81. The Labute approximate surface area is 130 Å². The maximum atomic E-state index is 11.3. The van der Waals surface area contributed by atoms with Crippen molar-refractivity contribution in [2.75, 3.05) is 0 Å². The highest BCUT2D eigenvalue weighted by Gasteiger charge is 2.26. The Morgan fingerprint density at radius 2 is 1.59 bits per heavy atom. The lowest BCUT2D eigenvalue weighted by molar-refractivity contribution is -0.522. The van der Waals surface area contributed by atoms with Crippen molar-refractivity contribution >= 4 is 12.1 Å². The summed E-state index contributed by atoms with van der Waals surface area (Å²) < 4.78 is 14.5. The molecule has 2 unspecified atom stereocenters. The van der Waals surface area contributed by atoms with Crippen LogP contribution in [0.4, 0.5) is 4.79 Å². The second-order valence-electron chi connectivity index (χ2n) is 5.27. The van der Waals surface area contributed by atoms with Crippen LogP contribution in [0.5, 0.6) is 0 Å². The molecule has 0 amide bonds. The summed E-state index contributed by atoms with van der Waals surface area (Å²) in [6.45, 7) is 13.5. The van der Waals surface area contributed by atoms with Gasteiger partial charge in [0.2, 0.25) is 12.6 Å². The van der Waals surface area contributed by atoms with Crippen LogP contribution in [0.25, 0.3) is 0 Å². The number of esters is 1. The summed E-state index contributed by atoms with van der Waals surface area (Å²) in [5, 5.41) is 4.38. The van der Waals surface area contributed by atoms with Gasteiger partial charge in [0.05, 0.1) is 0 Å². The number of hydrogen-bond donors (Lipinski definition) is 0. The van der Waals surface area contributed by atoms with Crippen LogP contribution in [-0.4, -0.2) is 30.3 Å². The average Bonchev–Trinajstić information content (AvgIpc) is 2.37. The number of rotatable bonds is 9. The highest BCUT2D eigenvalue weighted by atomic mass is 17.5. The third kappa shape index (κ3) is 8.60. The molecule has 8 nitrogen and oxygen atoms in total. The van der Waals surface area contributed by atoms with E-state index in [1.807, 2.05) is 13.8 Å². The third-order valence-electron chi connectivity index (χ3n) is 2.84. The molecular weight excluding hydrogens is 296 g/mol. The summed E-state index contributed by atoms with van der Waals surface area (Å²) in [6.07, 6.45) is -2.12. The van der Waals surface area contributed by atoms with E-state index in [0.29, 0.717) is 0 Å². The molecule has 0 radical (unpaired) electrons. The van der Waals surface area contributed by atoms with Gasteiger partial charge >= 0.3 is 12.1 Å². The molecule has 0 spiro atoms. The molecule has 0 aliphatic carbocycles. The van der Waals surface area contributed by atoms with Crippen LogP contribution in [0, 0.1) is 5.92 Å². The summed E-state index contributed by atoms with van der Waals surface area (Å²) in [6, 6.07) is 0. The van der Waals surface area contributed by atoms with Crippen molar-refractivity contribution in [1.29, 1.82) is 0 Å². The lowest BCUT2D eigenvalue weighted by Gasteiger charge is -2.25. The fourth-order valence-corrected chi connectivity index (χ4v) is 0.921. The van der Waals surface area contributed by atoms with Crippen LogP contribution in [0.2, 0.25) is 0 Å². The van der Waals surface area contributed by atoms with Crippen molar-refractivity contribution in [3.05, 3.63) is 12.7 Å². The summed E-state index contributed by atoms with van der Waals surface area (Å²) in [4.78, 5) is 31.5. The van der Waals surface area contributed by atoms with Gasteiger partial charge in [0, 0.05) is 6.08 Å². The normalized spacial score (nSPS) is 14.1. The molecule has 0 aliphatic heterocycles. The molecule has 0 saturated carbocycles. The van der Waals surface area contributed by atoms with Crippen molar-refractivity contribution in [2.45, 2.75) is 59.7 Å². The number of carbonyl (C=O) groups is 2. The Balaban J connectivity index is 4.01. The molecule has 0 N–H and O–H groups in total. The lowest BCUT2D eigenvalue weighted by atomic mass is 9.95. The van der Waals surface area contributed by atoms with Gasteiger partial charge in [-0.2, -0.15) is 4.89 Å². The van der Waals surface area contributed by atoms with Crippen molar-refractivity contribution in [2.24, 2.45) is 5.92 Å². The second kappa shape index (κ2) is 9.39. The minimum atomic E-state index is -1.16. The monoisotopic (exact) mass is 320 g/mol. The molecule has 0 aliphatic rings. The number of carbonyl (C=O) groups excluding carboxylic acids is 2. The first-order valence-corrected chi connectivity index (χ1v) is 6.80. The van der Waals surface area contributed by atoms with Gasteiger partial charge in [-0.1, -0.05) is 20.4 Å². The van der Waals surface area contributed by atoms with Crippen molar-refractivity contribution in [1.82, 2.24) is 0 Å². The van der Waals surface area contributed by atoms with Gasteiger partial charge in [0.1, 0.15) is 5.60 Å². The zero-order chi connectivity index (χ0) is 17.3. The van der Waals surface area contributed by atoms with E-state index in [-0.39, 0.29) is 5.92 Å². The zero-order valence-electron chi connectivity index (χ0n) is 13.8. The maximum absolute atomic E-state index is 11.3. The van der Waals surface area contributed by atoms with Gasteiger partial charge < -0.3 is 14.2 Å². The predicted molar refractivity (Wildman–Crippen MR) is 75.0 cm³/mol. The molecule has 0 aromatic heterocycles. The van der Waals surface area contributed by atoms with E-state index < -0.39 is 30.3 Å². The van der Waals surface area contributed by atoms with E-state index in [4.69, 9.17) is 19.1 Å². The van der Waals surface area contributed by atoms with Crippen LogP contribution in [-0.2, 0) is 33.8 Å². The first-order chi connectivity index (χ1) is 10.1. The Bertz CT molecular complexity index is 377. The highest BCUT2D eigenvalue weighted by Crippen LogP contribution is 2.20. The lowest BCUT2D eigenvalue weighted by Crippen LogP contribution is -2.32. The molecule has 128 valence electrons. The Kier molecular flexibility index (Phi) is 8.69. The van der Waals surface area contributed by atoms with E-state index in [1.165, 1.54) is 13.8 Å². The first-order valence-electron chi connectivity index (χ1n) is 6.80. The van der Waals surface area contributed by atoms with E-state index in [1.54, 1.807) is 13.8 Å². The molecule has 0 fully saturated rings. The number of hydrogen-bond acceptors (Lipinski definition) is 8. The third-order valence-corrected chi connectivity index (χ3v) is 2.84. The molecule has 8 heteroatoms. The predicted octanol–water partition coefficient (Wildman–Crippen LogP) is 2.88. The summed E-state index contributed by atoms with van der Waals surface area (Å²) in [5.41, 5.74) is -0.643. The summed E-state index contributed by atoms with van der Waals surface area (Å²) in [7, 11) is 0. The molecule has 0 heterocycles. The standard InChI is InChI=1S/C14H24O8/c1-8-12(15)18-10(4)17-11(5)19-13(16)20-22-21-14(6,7)9(2)3/h8-11H,1H2,2-7H3. The van der Waals surface area contributed by atoms with Crippen LogP contribution < -0.4 is 0 Å². The Hall–Kier alpha value is -1.64. The van der Waals surface area contributed by atoms with Gasteiger partial charge in [-0.05, 0) is 38.7 Å². The molecule has 0 bridgehead atoms. The molecular formula is C14H24O8. The SMILES string of the molecule is C=CC(=O)OC(C)OC(C)OC(=O)OOOC(C)(C)C(C)C. The van der Waals surface area contributed by atoms with E-state index >= 15 is 0 Å². The summed E-state index contributed by atoms with van der Waals surface area (Å²) in [5.74, 6) is -0.523. The summed E-state index contributed by atoms with van der Waals surface area (Å²) >= 11 is 0. The Morgan fingerprint density at radius 1 is 1.05 bits per heavy atom. The quantitative estimate of drug-likeness (QED) is 0.211. The van der Waals surface area contributed by atoms with Crippen LogP contribution in [0.3, 0.4) is 0 Å². The molecule has 0 saturated heterocycles. The van der Waals surface area contributed by atoms with Crippen molar-refractivity contribution in [3.63, 3.8) is 0 Å². The van der Waals surface area contributed by atoms with E-state index in [0.717, 1.165) is 6.08 Å². The first kappa shape index (κ1) is 20.4. The van der Waals surface area contributed by atoms with Gasteiger partial charge in [-0.15, -0.1) is 0 Å². The largest absolute Gasteiger partial charge is 0.544 e. The van der Waals surface area contributed by atoms with E-state index in [9.17, 15) is 9.59 Å². The smallest absolute Gasteiger partial charge is 0.433 e.